The molecular formula is C14H15BS. The summed E-state index contributed by atoms with van der Waals surface area (Å²) < 4.78 is 0. The molecule has 1 heterocycles. The Morgan fingerprint density at radius 2 is 1.56 bits per heavy atom. The van der Waals surface area contributed by atoms with Crippen LogP contribution in [0.2, 0.25) is 0 Å². The summed E-state index contributed by atoms with van der Waals surface area (Å²) in [4.78, 5) is 3.12. The fraction of sp³-hybridized carbons (Fsp3) is 0.143. The highest BCUT2D eigenvalue weighted by molar-refractivity contribution is 8.33. The molecule has 3 rings (SSSR count). The van der Waals surface area contributed by atoms with E-state index in [0.717, 1.165) is 0 Å². The highest BCUT2D eigenvalue weighted by atomic mass is 32.3. The maximum absolute atomic E-state index is 2.41. The minimum atomic E-state index is -0.796. The molecule has 0 saturated carbocycles. The van der Waals surface area contributed by atoms with Gasteiger partial charge in [0.15, 0.2) is 0 Å². The third-order valence-corrected chi connectivity index (χ3v) is 6.47. The van der Waals surface area contributed by atoms with Crippen LogP contribution in [0.25, 0.3) is 11.1 Å². The highest BCUT2D eigenvalue weighted by Gasteiger charge is 2.31. The lowest BCUT2D eigenvalue weighted by molar-refractivity contribution is 1.46. The SMILES string of the molecule is Bc1cccc2c1S(C)(C)c1ccccc1-2. The lowest BCUT2D eigenvalue weighted by Gasteiger charge is -2.29. The lowest BCUT2D eigenvalue weighted by Crippen LogP contribution is -2.10. The summed E-state index contributed by atoms with van der Waals surface area (Å²) in [7, 11) is 1.44. The number of hydrogen-bond acceptors (Lipinski definition) is 0. The van der Waals surface area contributed by atoms with E-state index in [1.807, 2.05) is 0 Å². The minimum absolute atomic E-state index is 0.796. The van der Waals surface area contributed by atoms with Crippen LogP contribution in [0.15, 0.2) is 52.3 Å². The standard InChI is InChI=1S/C14H15BS/c1-16(2)13-9-4-3-6-10(13)11-7-5-8-12(15)14(11)16/h3-9H,15H2,1-2H3. The molecule has 80 valence electrons. The van der Waals surface area contributed by atoms with Crippen molar-refractivity contribution in [3.63, 3.8) is 0 Å². The van der Waals surface area contributed by atoms with Gasteiger partial charge in [0.25, 0.3) is 0 Å². The van der Waals surface area contributed by atoms with E-state index in [4.69, 9.17) is 0 Å². The van der Waals surface area contributed by atoms with E-state index in [1.54, 1.807) is 9.79 Å². The van der Waals surface area contributed by atoms with Crippen molar-refractivity contribution in [1.82, 2.24) is 0 Å². The molecule has 2 heteroatoms. The molecule has 1 aliphatic rings. The largest absolute Gasteiger partial charge is 0.193 e. The molecule has 0 radical (unpaired) electrons. The second-order valence-electron chi connectivity index (χ2n) is 4.77. The quantitative estimate of drug-likeness (QED) is 0.605. The van der Waals surface area contributed by atoms with Gasteiger partial charge >= 0.3 is 0 Å². The predicted molar refractivity (Wildman–Crippen MR) is 76.0 cm³/mol. The van der Waals surface area contributed by atoms with E-state index < -0.39 is 10.0 Å². The molecule has 0 nitrogen and oxygen atoms in total. The van der Waals surface area contributed by atoms with Gasteiger partial charge in [-0.3, -0.25) is 0 Å². The summed E-state index contributed by atoms with van der Waals surface area (Å²) in [5, 5.41) is 0. The number of hydrogen-bond donors (Lipinski definition) is 0. The molecule has 0 unspecified atom stereocenters. The molecule has 1 aliphatic heterocycles. The van der Waals surface area contributed by atoms with Crippen LogP contribution in [0.1, 0.15) is 0 Å². The van der Waals surface area contributed by atoms with Gasteiger partial charge in [-0.25, -0.2) is 0 Å². The minimum Gasteiger partial charge on any atom is -0.193 e. The van der Waals surface area contributed by atoms with E-state index >= 15 is 0 Å². The van der Waals surface area contributed by atoms with Gasteiger partial charge in [-0.15, -0.1) is 0 Å². The van der Waals surface area contributed by atoms with E-state index in [1.165, 1.54) is 16.6 Å². The molecular weight excluding hydrogens is 211 g/mol. The normalized spacial score (nSPS) is 17.6. The predicted octanol–water partition coefficient (Wildman–Crippen LogP) is 2.41. The van der Waals surface area contributed by atoms with Crippen molar-refractivity contribution in [2.24, 2.45) is 0 Å². The summed E-state index contributed by atoms with van der Waals surface area (Å²) in [5.74, 6) is 0. The first-order chi connectivity index (χ1) is 7.62. The van der Waals surface area contributed by atoms with Crippen LogP contribution in [0.4, 0.5) is 0 Å². The molecule has 16 heavy (non-hydrogen) atoms. The lowest BCUT2D eigenvalue weighted by atomic mass is 9.92. The van der Waals surface area contributed by atoms with Gasteiger partial charge in [0.05, 0.1) is 0 Å². The zero-order valence-electron chi connectivity index (χ0n) is 9.95. The van der Waals surface area contributed by atoms with E-state index in [9.17, 15) is 0 Å². The third-order valence-electron chi connectivity index (χ3n) is 3.45. The molecule has 2 aromatic rings. The molecule has 0 aromatic heterocycles. The number of fused-ring (bicyclic) bond motifs is 3. The van der Waals surface area contributed by atoms with Crippen LogP contribution in [0.3, 0.4) is 0 Å². The fourth-order valence-electron chi connectivity index (χ4n) is 2.79. The second-order valence-corrected chi connectivity index (χ2v) is 8.28. The van der Waals surface area contributed by atoms with Gasteiger partial charge in [0, 0.05) is 4.90 Å². The zero-order valence-corrected chi connectivity index (χ0v) is 10.8. The van der Waals surface area contributed by atoms with Crippen LogP contribution in [0.5, 0.6) is 0 Å². The Bertz CT molecular complexity index is 573. The molecule has 0 atom stereocenters. The summed E-state index contributed by atoms with van der Waals surface area (Å²) in [5.41, 5.74) is 4.34. The molecule has 0 fully saturated rings. The average molecular weight is 226 g/mol. The number of rotatable bonds is 0. The Kier molecular flexibility index (Phi) is 1.99. The summed E-state index contributed by atoms with van der Waals surface area (Å²) >= 11 is 0. The average Bonchev–Trinajstić information content (AvgIpc) is 2.50. The van der Waals surface area contributed by atoms with Crippen LogP contribution in [-0.4, -0.2) is 20.4 Å². The van der Waals surface area contributed by atoms with Crippen molar-refractivity contribution in [3.05, 3.63) is 42.5 Å². The fourth-order valence-corrected chi connectivity index (χ4v) is 5.75. The second kappa shape index (κ2) is 3.17. The maximum atomic E-state index is 2.41. The van der Waals surface area contributed by atoms with Gasteiger partial charge in [-0.2, -0.15) is 10.0 Å². The van der Waals surface area contributed by atoms with Crippen molar-refractivity contribution < 1.29 is 0 Å². The van der Waals surface area contributed by atoms with Crippen molar-refractivity contribution in [2.45, 2.75) is 9.79 Å². The highest BCUT2D eigenvalue weighted by Crippen LogP contribution is 2.66. The van der Waals surface area contributed by atoms with Crippen molar-refractivity contribution in [2.75, 3.05) is 12.5 Å². The van der Waals surface area contributed by atoms with E-state index in [-0.39, 0.29) is 0 Å². The molecule has 0 amide bonds. The van der Waals surface area contributed by atoms with Gasteiger partial charge in [-0.1, -0.05) is 41.9 Å². The molecule has 2 aromatic carbocycles. The Morgan fingerprint density at radius 1 is 0.875 bits per heavy atom. The summed E-state index contributed by atoms with van der Waals surface area (Å²) in [6.45, 7) is 0. The number of benzene rings is 2. The Morgan fingerprint density at radius 3 is 2.38 bits per heavy atom. The molecule has 0 N–H and O–H groups in total. The first-order valence-corrected chi connectivity index (χ1v) is 8.00. The molecule has 0 aliphatic carbocycles. The van der Waals surface area contributed by atoms with Crippen molar-refractivity contribution >= 4 is 23.3 Å². The van der Waals surface area contributed by atoms with Gasteiger partial charge in [0.2, 0.25) is 0 Å². The van der Waals surface area contributed by atoms with E-state index in [0.29, 0.717) is 0 Å². The Hall–Kier alpha value is -1.15. The first kappa shape index (κ1) is 10.0. The van der Waals surface area contributed by atoms with Crippen LogP contribution in [-0.2, 0) is 0 Å². The molecule has 0 saturated heterocycles. The van der Waals surface area contributed by atoms with Crippen molar-refractivity contribution in [3.8, 4) is 11.1 Å². The van der Waals surface area contributed by atoms with Crippen LogP contribution in [0, 0.1) is 0 Å². The Balaban J connectivity index is 2.44. The smallest absolute Gasteiger partial charge is 0.140 e. The molecule has 0 spiro atoms. The van der Waals surface area contributed by atoms with Gasteiger partial charge in [-0.05, 0) is 34.6 Å². The Labute approximate surface area is 99.4 Å². The van der Waals surface area contributed by atoms with Gasteiger partial charge < -0.3 is 0 Å². The zero-order chi connectivity index (χ0) is 11.3. The first-order valence-electron chi connectivity index (χ1n) is 5.55. The summed E-state index contributed by atoms with van der Waals surface area (Å²) in [6, 6.07) is 15.5. The monoisotopic (exact) mass is 226 g/mol. The summed E-state index contributed by atoms with van der Waals surface area (Å²) in [6.07, 6.45) is 4.81. The van der Waals surface area contributed by atoms with E-state index in [2.05, 4.69) is 62.8 Å². The topological polar surface area (TPSA) is 0 Å². The van der Waals surface area contributed by atoms with Crippen LogP contribution >= 0.6 is 10.0 Å². The molecule has 0 bridgehead atoms. The van der Waals surface area contributed by atoms with Crippen LogP contribution < -0.4 is 5.46 Å². The third kappa shape index (κ3) is 1.14. The maximum Gasteiger partial charge on any atom is 0.140 e. The van der Waals surface area contributed by atoms with Crippen molar-refractivity contribution in [1.29, 1.82) is 0 Å². The van der Waals surface area contributed by atoms with Gasteiger partial charge in [0.1, 0.15) is 7.85 Å².